The van der Waals surface area contributed by atoms with Crippen molar-refractivity contribution in [2.45, 2.75) is 39.8 Å². The van der Waals surface area contributed by atoms with Crippen LogP contribution < -0.4 is 20.1 Å². The normalized spacial score (nSPS) is 13.6. The van der Waals surface area contributed by atoms with Crippen LogP contribution in [0, 0.1) is 0 Å². The molecule has 2 N–H and O–H groups in total. The second kappa shape index (κ2) is 7.72. The summed E-state index contributed by atoms with van der Waals surface area (Å²) in [4.78, 5) is 4.59. The molecule has 0 aliphatic carbocycles. The smallest absolute Gasteiger partial charge is 0.231 e. The zero-order chi connectivity index (χ0) is 14.6. The van der Waals surface area contributed by atoms with Crippen molar-refractivity contribution in [1.29, 1.82) is 0 Å². The van der Waals surface area contributed by atoms with Gasteiger partial charge in [-0.3, -0.25) is 0 Å². The van der Waals surface area contributed by atoms with Gasteiger partial charge in [0.25, 0.3) is 0 Å². The third-order valence-electron chi connectivity index (χ3n) is 2.69. The van der Waals surface area contributed by atoms with E-state index in [4.69, 9.17) is 9.47 Å². The highest BCUT2D eigenvalue weighted by molar-refractivity contribution is 14.0. The first kappa shape index (κ1) is 17.9. The molecule has 0 radical (unpaired) electrons. The van der Waals surface area contributed by atoms with Gasteiger partial charge >= 0.3 is 0 Å². The SMILES string of the molecule is CCNC(=NCc1ccc2c(c1)OCO2)NC(C)(C)C.I. The van der Waals surface area contributed by atoms with Gasteiger partial charge < -0.3 is 20.1 Å². The maximum atomic E-state index is 5.37. The molecule has 0 atom stereocenters. The lowest BCUT2D eigenvalue weighted by molar-refractivity contribution is 0.174. The van der Waals surface area contributed by atoms with Crippen LogP contribution in [0.25, 0.3) is 0 Å². The van der Waals surface area contributed by atoms with Crippen LogP contribution in [0.5, 0.6) is 11.5 Å². The van der Waals surface area contributed by atoms with Crippen molar-refractivity contribution in [2.75, 3.05) is 13.3 Å². The molecule has 0 aromatic heterocycles. The van der Waals surface area contributed by atoms with Crippen molar-refractivity contribution < 1.29 is 9.47 Å². The van der Waals surface area contributed by atoms with Gasteiger partial charge in [0.05, 0.1) is 6.54 Å². The van der Waals surface area contributed by atoms with E-state index < -0.39 is 0 Å². The molecule has 0 amide bonds. The fourth-order valence-electron chi connectivity index (χ4n) is 1.87. The van der Waals surface area contributed by atoms with Crippen LogP contribution in [0.4, 0.5) is 0 Å². The fraction of sp³-hybridized carbons (Fsp3) is 0.533. The summed E-state index contributed by atoms with van der Waals surface area (Å²) in [5.41, 5.74) is 1.08. The number of nitrogens with zero attached hydrogens (tertiary/aromatic N) is 1. The molecule has 1 heterocycles. The second-order valence-corrected chi connectivity index (χ2v) is 5.76. The number of hydrogen-bond donors (Lipinski definition) is 2. The van der Waals surface area contributed by atoms with Crippen LogP contribution in [-0.4, -0.2) is 24.8 Å². The Balaban J connectivity index is 0.00000220. The van der Waals surface area contributed by atoms with Crippen LogP contribution in [0.2, 0.25) is 0 Å². The van der Waals surface area contributed by atoms with Crippen molar-refractivity contribution in [3.05, 3.63) is 23.8 Å². The topological polar surface area (TPSA) is 54.9 Å². The average Bonchev–Trinajstić information content (AvgIpc) is 2.81. The van der Waals surface area contributed by atoms with Crippen molar-refractivity contribution in [3.8, 4) is 11.5 Å². The standard InChI is InChI=1S/C15H23N3O2.HI/c1-5-16-14(18-15(2,3)4)17-9-11-6-7-12-13(8-11)20-10-19-12;/h6-8H,5,9-10H2,1-4H3,(H2,16,17,18);1H. The van der Waals surface area contributed by atoms with Crippen LogP contribution in [0.15, 0.2) is 23.2 Å². The Labute approximate surface area is 143 Å². The molecule has 0 saturated carbocycles. The second-order valence-electron chi connectivity index (χ2n) is 5.76. The monoisotopic (exact) mass is 405 g/mol. The maximum absolute atomic E-state index is 5.37. The first-order valence-electron chi connectivity index (χ1n) is 6.93. The van der Waals surface area contributed by atoms with Gasteiger partial charge in [0, 0.05) is 12.1 Å². The van der Waals surface area contributed by atoms with Crippen LogP contribution in [-0.2, 0) is 6.54 Å². The average molecular weight is 405 g/mol. The first-order chi connectivity index (χ1) is 9.48. The number of nitrogens with one attached hydrogen (secondary N) is 2. The maximum Gasteiger partial charge on any atom is 0.231 e. The Morgan fingerprint density at radius 3 is 2.62 bits per heavy atom. The third-order valence-corrected chi connectivity index (χ3v) is 2.69. The van der Waals surface area contributed by atoms with E-state index in [1.54, 1.807) is 0 Å². The molecule has 118 valence electrons. The lowest BCUT2D eigenvalue weighted by atomic mass is 10.1. The van der Waals surface area contributed by atoms with E-state index in [0.717, 1.165) is 29.6 Å². The molecule has 0 spiro atoms. The summed E-state index contributed by atoms with van der Waals surface area (Å²) in [6.45, 7) is 10.1. The number of rotatable bonds is 3. The molecular formula is C15H24IN3O2. The zero-order valence-corrected chi connectivity index (χ0v) is 15.4. The van der Waals surface area contributed by atoms with Crippen LogP contribution >= 0.6 is 24.0 Å². The van der Waals surface area contributed by atoms with Gasteiger partial charge in [-0.15, -0.1) is 24.0 Å². The van der Waals surface area contributed by atoms with Crippen molar-refractivity contribution in [2.24, 2.45) is 4.99 Å². The number of hydrogen-bond acceptors (Lipinski definition) is 3. The Kier molecular flexibility index (Phi) is 6.57. The van der Waals surface area contributed by atoms with Gasteiger partial charge in [-0.2, -0.15) is 0 Å². The molecule has 1 aliphatic heterocycles. The van der Waals surface area contributed by atoms with Crippen molar-refractivity contribution in [1.82, 2.24) is 10.6 Å². The molecule has 0 saturated heterocycles. The Morgan fingerprint density at radius 2 is 1.95 bits per heavy atom. The Morgan fingerprint density at radius 1 is 1.24 bits per heavy atom. The van der Waals surface area contributed by atoms with E-state index in [1.807, 2.05) is 18.2 Å². The summed E-state index contributed by atoms with van der Waals surface area (Å²) in [6.07, 6.45) is 0. The zero-order valence-electron chi connectivity index (χ0n) is 13.0. The quantitative estimate of drug-likeness (QED) is 0.462. The highest BCUT2D eigenvalue weighted by atomic mass is 127. The lowest BCUT2D eigenvalue weighted by Crippen LogP contribution is -2.47. The minimum atomic E-state index is -0.0180. The van der Waals surface area contributed by atoms with Gasteiger partial charge in [0.1, 0.15) is 0 Å². The number of guanidine groups is 1. The van der Waals surface area contributed by atoms with E-state index in [-0.39, 0.29) is 29.5 Å². The molecule has 1 aliphatic rings. The summed E-state index contributed by atoms with van der Waals surface area (Å²) in [5, 5.41) is 6.61. The summed E-state index contributed by atoms with van der Waals surface area (Å²) < 4.78 is 10.7. The first-order valence-corrected chi connectivity index (χ1v) is 6.93. The van der Waals surface area contributed by atoms with Crippen molar-refractivity contribution in [3.63, 3.8) is 0 Å². The Hall–Kier alpha value is -1.18. The third kappa shape index (κ3) is 5.61. The van der Waals surface area contributed by atoms with Gasteiger partial charge in [0.15, 0.2) is 17.5 Å². The number of ether oxygens (including phenoxy) is 2. The number of fused-ring (bicyclic) bond motifs is 1. The van der Waals surface area contributed by atoms with Gasteiger partial charge in [-0.05, 0) is 45.4 Å². The predicted octanol–water partition coefficient (Wildman–Crippen LogP) is 2.89. The predicted molar refractivity (Wildman–Crippen MR) is 95.7 cm³/mol. The van der Waals surface area contributed by atoms with Crippen molar-refractivity contribution >= 4 is 29.9 Å². The number of benzene rings is 1. The molecule has 21 heavy (non-hydrogen) atoms. The fourth-order valence-corrected chi connectivity index (χ4v) is 1.87. The Bertz CT molecular complexity index is 498. The molecule has 1 aromatic rings. The highest BCUT2D eigenvalue weighted by Gasteiger charge is 2.14. The summed E-state index contributed by atoms with van der Waals surface area (Å²) >= 11 is 0. The molecular weight excluding hydrogens is 381 g/mol. The van der Waals surface area contributed by atoms with E-state index in [1.165, 1.54) is 0 Å². The molecule has 5 nitrogen and oxygen atoms in total. The minimum Gasteiger partial charge on any atom is -0.454 e. The van der Waals surface area contributed by atoms with E-state index in [0.29, 0.717) is 13.3 Å². The largest absolute Gasteiger partial charge is 0.454 e. The summed E-state index contributed by atoms with van der Waals surface area (Å²) in [5.74, 6) is 2.42. The molecule has 0 unspecified atom stereocenters. The summed E-state index contributed by atoms with van der Waals surface area (Å²) in [7, 11) is 0. The van der Waals surface area contributed by atoms with Gasteiger partial charge in [0.2, 0.25) is 6.79 Å². The molecule has 0 bridgehead atoms. The van der Waals surface area contributed by atoms with Crippen LogP contribution in [0.3, 0.4) is 0 Å². The lowest BCUT2D eigenvalue weighted by Gasteiger charge is -2.23. The van der Waals surface area contributed by atoms with Crippen LogP contribution in [0.1, 0.15) is 33.3 Å². The van der Waals surface area contributed by atoms with Gasteiger partial charge in [-0.25, -0.2) is 4.99 Å². The number of aliphatic imine (C=N–C) groups is 1. The number of halogens is 1. The molecule has 0 fully saturated rings. The highest BCUT2D eigenvalue weighted by Crippen LogP contribution is 2.32. The molecule has 6 heteroatoms. The van der Waals surface area contributed by atoms with E-state index >= 15 is 0 Å². The van der Waals surface area contributed by atoms with Gasteiger partial charge in [-0.1, -0.05) is 6.07 Å². The molecule has 2 rings (SSSR count). The summed E-state index contributed by atoms with van der Waals surface area (Å²) in [6, 6.07) is 5.92. The van der Waals surface area contributed by atoms with E-state index in [9.17, 15) is 0 Å². The van der Waals surface area contributed by atoms with E-state index in [2.05, 4.69) is 43.3 Å². The molecule has 1 aromatic carbocycles. The minimum absolute atomic E-state index is 0.